The molecule has 1 aliphatic rings. The number of rotatable bonds is 3. The zero-order valence-corrected chi connectivity index (χ0v) is 10.7. The van der Waals surface area contributed by atoms with E-state index in [1.165, 1.54) is 6.07 Å². The summed E-state index contributed by atoms with van der Waals surface area (Å²) < 4.78 is 28.1. The van der Waals surface area contributed by atoms with Gasteiger partial charge in [0.15, 0.2) is 5.67 Å². The Hall–Kier alpha value is -1.33. The Labute approximate surface area is 110 Å². The highest BCUT2D eigenvalue weighted by atomic mass is 19.1. The van der Waals surface area contributed by atoms with E-state index in [0.29, 0.717) is 18.3 Å². The van der Waals surface area contributed by atoms with Gasteiger partial charge in [-0.15, -0.1) is 0 Å². The number of carbonyl (C=O) groups is 1. The van der Waals surface area contributed by atoms with Crippen molar-refractivity contribution in [3.05, 3.63) is 35.6 Å². The first-order valence-electron chi connectivity index (χ1n) is 6.23. The van der Waals surface area contributed by atoms with Crippen molar-refractivity contribution in [1.29, 1.82) is 0 Å². The number of alkyl halides is 1. The molecule has 1 fully saturated rings. The molecule has 0 bridgehead atoms. The Morgan fingerprint density at radius 2 is 2.16 bits per heavy atom. The highest BCUT2D eigenvalue weighted by Crippen LogP contribution is 2.38. The fourth-order valence-corrected chi connectivity index (χ4v) is 2.61. The second-order valence-corrected chi connectivity index (χ2v) is 5.26. The number of nitrogens with one attached hydrogen (secondary N) is 1. The standard InChI is InChI=1S/C14H17F2NO2/c1-13(10-4-2-3-5-11(10)15)6-7-14(16,9-19)12(8-18)17-13/h2-5,8,12,17,19H,6-7,9H2,1H3/t12?,13-,14?/m0/s1. The van der Waals surface area contributed by atoms with Crippen LogP contribution in [0.15, 0.2) is 24.3 Å². The van der Waals surface area contributed by atoms with Gasteiger partial charge in [-0.3, -0.25) is 5.32 Å². The van der Waals surface area contributed by atoms with E-state index in [0.717, 1.165) is 0 Å². The number of hydrogen-bond acceptors (Lipinski definition) is 3. The van der Waals surface area contributed by atoms with Crippen molar-refractivity contribution in [2.75, 3.05) is 6.61 Å². The molecule has 2 unspecified atom stereocenters. The van der Waals surface area contributed by atoms with Crippen molar-refractivity contribution in [2.24, 2.45) is 0 Å². The molecule has 1 heterocycles. The molecule has 104 valence electrons. The molecule has 2 rings (SSSR count). The highest BCUT2D eigenvalue weighted by Gasteiger charge is 2.48. The molecule has 1 saturated heterocycles. The molecular weight excluding hydrogens is 252 g/mol. The molecule has 0 aromatic heterocycles. The zero-order chi connectivity index (χ0) is 14.1. The summed E-state index contributed by atoms with van der Waals surface area (Å²) in [7, 11) is 0. The monoisotopic (exact) mass is 269 g/mol. The second-order valence-electron chi connectivity index (χ2n) is 5.26. The van der Waals surface area contributed by atoms with Crippen LogP contribution in [0.3, 0.4) is 0 Å². The van der Waals surface area contributed by atoms with Gasteiger partial charge in [-0.25, -0.2) is 8.78 Å². The van der Waals surface area contributed by atoms with Crippen molar-refractivity contribution >= 4 is 6.29 Å². The summed E-state index contributed by atoms with van der Waals surface area (Å²) in [5, 5.41) is 11.9. The SMILES string of the molecule is C[C@@]1(c2ccccc2F)CCC(F)(CO)C(C=O)N1. The molecule has 2 N–H and O–H groups in total. The number of aldehydes is 1. The van der Waals surface area contributed by atoms with Crippen molar-refractivity contribution in [3.63, 3.8) is 0 Å². The number of carbonyl (C=O) groups excluding carboxylic acids is 1. The third-order valence-electron chi connectivity index (χ3n) is 3.94. The minimum Gasteiger partial charge on any atom is -0.393 e. The fourth-order valence-electron chi connectivity index (χ4n) is 2.61. The van der Waals surface area contributed by atoms with Gasteiger partial charge in [-0.1, -0.05) is 18.2 Å². The van der Waals surface area contributed by atoms with E-state index in [4.69, 9.17) is 5.11 Å². The van der Waals surface area contributed by atoms with Crippen LogP contribution < -0.4 is 5.32 Å². The maximum Gasteiger partial charge on any atom is 0.155 e. The van der Waals surface area contributed by atoms with Gasteiger partial charge in [0.2, 0.25) is 0 Å². The van der Waals surface area contributed by atoms with Gasteiger partial charge in [-0.2, -0.15) is 0 Å². The molecule has 5 heteroatoms. The van der Waals surface area contributed by atoms with Crippen molar-refractivity contribution in [1.82, 2.24) is 5.32 Å². The van der Waals surface area contributed by atoms with Crippen LogP contribution in [0.2, 0.25) is 0 Å². The van der Waals surface area contributed by atoms with E-state index in [1.54, 1.807) is 25.1 Å². The number of piperidine rings is 1. The molecule has 3 nitrogen and oxygen atoms in total. The lowest BCUT2D eigenvalue weighted by Gasteiger charge is -2.45. The average molecular weight is 269 g/mol. The minimum absolute atomic E-state index is 0.00470. The summed E-state index contributed by atoms with van der Waals surface area (Å²) in [6, 6.07) is 5.09. The van der Waals surface area contributed by atoms with E-state index < -0.39 is 29.7 Å². The average Bonchev–Trinajstić information content (AvgIpc) is 2.42. The van der Waals surface area contributed by atoms with Crippen LogP contribution in [-0.4, -0.2) is 29.7 Å². The van der Waals surface area contributed by atoms with Gasteiger partial charge < -0.3 is 9.90 Å². The summed E-state index contributed by atoms with van der Waals surface area (Å²) in [6.07, 6.45) is 0.745. The molecule has 0 radical (unpaired) electrons. The number of hydrogen-bond donors (Lipinski definition) is 2. The van der Waals surface area contributed by atoms with Crippen LogP contribution in [0.4, 0.5) is 8.78 Å². The number of aliphatic hydroxyl groups is 1. The summed E-state index contributed by atoms with van der Waals surface area (Å²) in [5.41, 5.74) is -2.39. The Morgan fingerprint density at radius 1 is 1.47 bits per heavy atom. The molecule has 1 aliphatic heterocycles. The van der Waals surface area contributed by atoms with Gasteiger partial charge in [-0.05, 0) is 25.8 Å². The van der Waals surface area contributed by atoms with Gasteiger partial charge in [0.25, 0.3) is 0 Å². The molecule has 0 amide bonds. The molecule has 0 saturated carbocycles. The predicted molar refractivity (Wildman–Crippen MR) is 66.9 cm³/mol. The van der Waals surface area contributed by atoms with E-state index in [9.17, 15) is 13.6 Å². The van der Waals surface area contributed by atoms with Gasteiger partial charge in [0, 0.05) is 11.1 Å². The Balaban J connectivity index is 2.33. The van der Waals surface area contributed by atoms with Crippen LogP contribution in [-0.2, 0) is 10.3 Å². The normalized spacial score (nSPS) is 35.1. The van der Waals surface area contributed by atoms with Gasteiger partial charge >= 0.3 is 0 Å². The first-order valence-corrected chi connectivity index (χ1v) is 6.23. The molecule has 19 heavy (non-hydrogen) atoms. The highest BCUT2D eigenvalue weighted by molar-refractivity contribution is 5.61. The number of benzene rings is 1. The Morgan fingerprint density at radius 3 is 2.74 bits per heavy atom. The summed E-state index contributed by atoms with van der Waals surface area (Å²) in [4.78, 5) is 11.0. The van der Waals surface area contributed by atoms with Crippen LogP contribution in [0.25, 0.3) is 0 Å². The topological polar surface area (TPSA) is 49.3 Å². The maximum absolute atomic E-state index is 14.3. The van der Waals surface area contributed by atoms with Crippen LogP contribution >= 0.6 is 0 Å². The molecule has 0 aliphatic carbocycles. The quantitative estimate of drug-likeness (QED) is 0.821. The predicted octanol–water partition coefficient (Wildman–Crippen LogP) is 1.69. The fraction of sp³-hybridized carbons (Fsp3) is 0.500. The smallest absolute Gasteiger partial charge is 0.155 e. The Bertz CT molecular complexity index is 482. The van der Waals surface area contributed by atoms with Crippen LogP contribution in [0.1, 0.15) is 25.3 Å². The summed E-state index contributed by atoms with van der Waals surface area (Å²) in [5.74, 6) is -0.391. The third-order valence-corrected chi connectivity index (χ3v) is 3.94. The lowest BCUT2D eigenvalue weighted by atomic mass is 9.76. The largest absolute Gasteiger partial charge is 0.393 e. The summed E-state index contributed by atoms with van der Waals surface area (Å²) in [6.45, 7) is 1.01. The first kappa shape index (κ1) is 14.1. The zero-order valence-electron chi connectivity index (χ0n) is 10.7. The van der Waals surface area contributed by atoms with E-state index in [-0.39, 0.29) is 6.42 Å². The first-order chi connectivity index (χ1) is 8.95. The molecule has 1 aromatic carbocycles. The molecule has 3 atom stereocenters. The van der Waals surface area contributed by atoms with Crippen molar-refractivity contribution in [3.8, 4) is 0 Å². The molecule has 1 aromatic rings. The van der Waals surface area contributed by atoms with Crippen LogP contribution in [0, 0.1) is 5.82 Å². The van der Waals surface area contributed by atoms with Gasteiger partial charge in [0.1, 0.15) is 18.1 Å². The van der Waals surface area contributed by atoms with E-state index in [2.05, 4.69) is 5.32 Å². The van der Waals surface area contributed by atoms with E-state index in [1.807, 2.05) is 0 Å². The number of aliphatic hydroxyl groups excluding tert-OH is 1. The lowest BCUT2D eigenvalue weighted by Crippen LogP contribution is -2.62. The van der Waals surface area contributed by atoms with Crippen LogP contribution in [0.5, 0.6) is 0 Å². The molecular formula is C14H17F2NO2. The maximum atomic E-state index is 14.3. The second kappa shape index (κ2) is 4.98. The van der Waals surface area contributed by atoms with Gasteiger partial charge in [0.05, 0.1) is 6.61 Å². The lowest BCUT2D eigenvalue weighted by molar-refractivity contribution is -0.118. The number of halogens is 2. The van der Waals surface area contributed by atoms with Crippen molar-refractivity contribution < 1.29 is 18.7 Å². The third kappa shape index (κ3) is 2.40. The van der Waals surface area contributed by atoms with Crippen molar-refractivity contribution in [2.45, 2.75) is 37.0 Å². The Kier molecular flexibility index (Phi) is 3.69. The summed E-state index contributed by atoms with van der Waals surface area (Å²) >= 11 is 0. The minimum atomic E-state index is -1.98. The van der Waals surface area contributed by atoms with E-state index >= 15 is 0 Å². The molecule has 0 spiro atoms.